The fourth-order valence-corrected chi connectivity index (χ4v) is 3.95. The second-order valence-electron chi connectivity index (χ2n) is 8.15. The summed E-state index contributed by atoms with van der Waals surface area (Å²) in [6.07, 6.45) is 1.02. The maximum atomic E-state index is 11.6. The molecule has 2 N–H and O–H groups in total. The van der Waals surface area contributed by atoms with Crippen LogP contribution in [0.15, 0.2) is 60.7 Å². The third-order valence-corrected chi connectivity index (χ3v) is 5.59. The van der Waals surface area contributed by atoms with Crippen molar-refractivity contribution in [1.29, 1.82) is 0 Å². The van der Waals surface area contributed by atoms with E-state index in [1.165, 1.54) is 32.9 Å². The molecule has 0 saturated carbocycles. The van der Waals surface area contributed by atoms with Crippen molar-refractivity contribution in [2.45, 2.75) is 19.9 Å². The van der Waals surface area contributed by atoms with Crippen LogP contribution in [0.3, 0.4) is 0 Å². The second-order valence-corrected chi connectivity index (χ2v) is 8.15. The summed E-state index contributed by atoms with van der Waals surface area (Å²) in [7, 11) is 4.20. The molecule has 0 bridgehead atoms. The Morgan fingerprint density at radius 1 is 0.933 bits per heavy atom. The number of hydroxylamine groups is 1. The van der Waals surface area contributed by atoms with Crippen molar-refractivity contribution in [3.8, 4) is 0 Å². The third kappa shape index (κ3) is 3.95. The van der Waals surface area contributed by atoms with Gasteiger partial charge in [-0.05, 0) is 75.0 Å². The highest BCUT2D eigenvalue weighted by atomic mass is 16.5. The molecular formula is C25H27N3O2. The Bertz CT molecular complexity index is 1210. The van der Waals surface area contributed by atoms with E-state index in [1.54, 1.807) is 17.6 Å². The van der Waals surface area contributed by atoms with Crippen LogP contribution < -0.4 is 5.48 Å². The van der Waals surface area contributed by atoms with Gasteiger partial charge in [0.15, 0.2) is 0 Å². The molecule has 0 spiro atoms. The van der Waals surface area contributed by atoms with Gasteiger partial charge in [-0.15, -0.1) is 0 Å². The standard InChI is InChI=1S/C25H27N3O2/c1-17-4-10-23-21(14-17)22-15-18(12-13-27(2)3)7-11-24(22)28(23)16-19-5-8-20(9-6-19)25(29)26-30/h4-11,14-15,30H,12-13,16H2,1-3H3,(H,26,29). The fourth-order valence-electron chi connectivity index (χ4n) is 3.95. The summed E-state index contributed by atoms with van der Waals surface area (Å²) in [5.41, 5.74) is 8.22. The molecule has 0 aliphatic rings. The van der Waals surface area contributed by atoms with Gasteiger partial charge >= 0.3 is 0 Å². The minimum atomic E-state index is -0.501. The maximum absolute atomic E-state index is 11.6. The molecule has 0 aliphatic carbocycles. The molecular weight excluding hydrogens is 374 g/mol. The molecule has 5 nitrogen and oxygen atoms in total. The lowest BCUT2D eigenvalue weighted by Crippen LogP contribution is -2.18. The van der Waals surface area contributed by atoms with Gasteiger partial charge in [0.25, 0.3) is 5.91 Å². The molecule has 4 rings (SSSR count). The van der Waals surface area contributed by atoms with Gasteiger partial charge in [-0.25, -0.2) is 5.48 Å². The van der Waals surface area contributed by atoms with Gasteiger partial charge in [0, 0.05) is 40.5 Å². The number of likely N-dealkylation sites (N-methyl/N-ethyl adjacent to an activating group) is 1. The van der Waals surface area contributed by atoms with Gasteiger partial charge in [0.2, 0.25) is 0 Å². The lowest BCUT2D eigenvalue weighted by Gasteiger charge is -2.10. The number of benzene rings is 3. The number of aryl methyl sites for hydroxylation is 1. The van der Waals surface area contributed by atoms with Crippen molar-refractivity contribution in [2.75, 3.05) is 20.6 Å². The number of aromatic nitrogens is 1. The van der Waals surface area contributed by atoms with Crippen LogP contribution in [-0.4, -0.2) is 41.2 Å². The molecule has 1 amide bonds. The normalized spacial score (nSPS) is 11.5. The van der Waals surface area contributed by atoms with E-state index in [2.05, 4.69) is 66.9 Å². The average Bonchev–Trinajstić information content (AvgIpc) is 3.04. The summed E-state index contributed by atoms with van der Waals surface area (Å²) in [6, 6.07) is 20.7. The highest BCUT2D eigenvalue weighted by Gasteiger charge is 2.13. The molecule has 154 valence electrons. The Kier molecular flexibility index (Phi) is 5.57. The van der Waals surface area contributed by atoms with Crippen LogP contribution >= 0.6 is 0 Å². The molecule has 0 radical (unpaired) electrons. The van der Waals surface area contributed by atoms with E-state index in [9.17, 15) is 4.79 Å². The number of carbonyl (C=O) groups excluding carboxylic acids is 1. The number of carbonyl (C=O) groups is 1. The second kappa shape index (κ2) is 8.30. The van der Waals surface area contributed by atoms with Gasteiger partial charge in [-0.1, -0.05) is 29.8 Å². The molecule has 0 unspecified atom stereocenters. The van der Waals surface area contributed by atoms with Crippen LogP contribution in [0, 0.1) is 6.92 Å². The van der Waals surface area contributed by atoms with Crippen LogP contribution in [0.4, 0.5) is 0 Å². The van der Waals surface area contributed by atoms with Crippen molar-refractivity contribution in [3.05, 3.63) is 82.9 Å². The molecule has 0 saturated heterocycles. The van der Waals surface area contributed by atoms with Crippen molar-refractivity contribution < 1.29 is 10.0 Å². The molecule has 3 aromatic carbocycles. The molecule has 1 aromatic heterocycles. The zero-order valence-electron chi connectivity index (χ0n) is 17.6. The van der Waals surface area contributed by atoms with E-state index in [0.29, 0.717) is 12.1 Å². The van der Waals surface area contributed by atoms with Gasteiger partial charge < -0.3 is 9.47 Å². The topological polar surface area (TPSA) is 57.5 Å². The molecule has 0 aliphatic heterocycles. The van der Waals surface area contributed by atoms with Gasteiger partial charge in [-0.2, -0.15) is 0 Å². The zero-order valence-corrected chi connectivity index (χ0v) is 17.6. The van der Waals surface area contributed by atoms with E-state index in [4.69, 9.17) is 5.21 Å². The highest BCUT2D eigenvalue weighted by molar-refractivity contribution is 6.08. The van der Waals surface area contributed by atoms with Crippen LogP contribution in [-0.2, 0) is 13.0 Å². The SMILES string of the molecule is Cc1ccc2c(c1)c1cc(CCN(C)C)ccc1n2Cc1ccc(C(=O)NO)cc1. The van der Waals surface area contributed by atoms with E-state index in [-0.39, 0.29) is 0 Å². The lowest BCUT2D eigenvalue weighted by molar-refractivity contribution is 0.0706. The van der Waals surface area contributed by atoms with Crippen LogP contribution in [0.25, 0.3) is 21.8 Å². The first kappa shape index (κ1) is 20.1. The Labute approximate surface area is 176 Å². The average molecular weight is 402 g/mol. The molecule has 0 fully saturated rings. The van der Waals surface area contributed by atoms with E-state index in [1.807, 2.05) is 12.1 Å². The van der Waals surface area contributed by atoms with E-state index < -0.39 is 5.91 Å². The number of fused-ring (bicyclic) bond motifs is 3. The lowest BCUT2D eigenvalue weighted by atomic mass is 10.1. The van der Waals surface area contributed by atoms with Crippen molar-refractivity contribution in [1.82, 2.24) is 14.9 Å². The first-order valence-corrected chi connectivity index (χ1v) is 10.2. The summed E-state index contributed by atoms with van der Waals surface area (Å²) in [6.45, 7) is 3.86. The molecule has 4 aromatic rings. The van der Waals surface area contributed by atoms with E-state index >= 15 is 0 Å². The minimum Gasteiger partial charge on any atom is -0.336 e. The third-order valence-electron chi connectivity index (χ3n) is 5.59. The van der Waals surface area contributed by atoms with Gasteiger partial charge in [0.1, 0.15) is 0 Å². The maximum Gasteiger partial charge on any atom is 0.274 e. The fraction of sp³-hybridized carbons (Fsp3) is 0.240. The van der Waals surface area contributed by atoms with Crippen molar-refractivity contribution in [3.63, 3.8) is 0 Å². The summed E-state index contributed by atoms with van der Waals surface area (Å²) in [5, 5.41) is 11.4. The Morgan fingerprint density at radius 3 is 2.23 bits per heavy atom. The first-order valence-electron chi connectivity index (χ1n) is 10.2. The highest BCUT2D eigenvalue weighted by Crippen LogP contribution is 2.31. The number of hydrogen-bond donors (Lipinski definition) is 2. The van der Waals surface area contributed by atoms with Crippen molar-refractivity contribution >= 4 is 27.7 Å². The van der Waals surface area contributed by atoms with Crippen LogP contribution in [0.5, 0.6) is 0 Å². The molecule has 5 heteroatoms. The first-order chi connectivity index (χ1) is 14.5. The minimum absolute atomic E-state index is 0.435. The van der Waals surface area contributed by atoms with Gasteiger partial charge in [0.05, 0.1) is 0 Å². The molecule has 30 heavy (non-hydrogen) atoms. The smallest absolute Gasteiger partial charge is 0.274 e. The quantitative estimate of drug-likeness (QED) is 0.372. The monoisotopic (exact) mass is 401 g/mol. The largest absolute Gasteiger partial charge is 0.336 e. The summed E-state index contributed by atoms with van der Waals surface area (Å²) < 4.78 is 2.33. The predicted octanol–water partition coefficient (Wildman–Crippen LogP) is 4.37. The number of nitrogens with zero attached hydrogens (tertiary/aromatic N) is 2. The van der Waals surface area contributed by atoms with E-state index in [0.717, 1.165) is 18.5 Å². The Morgan fingerprint density at radius 2 is 1.57 bits per heavy atom. The van der Waals surface area contributed by atoms with Crippen molar-refractivity contribution in [2.24, 2.45) is 0 Å². The number of rotatable bonds is 6. The number of hydrogen-bond acceptors (Lipinski definition) is 3. The van der Waals surface area contributed by atoms with Gasteiger partial charge in [-0.3, -0.25) is 10.0 Å². The predicted molar refractivity (Wildman–Crippen MR) is 121 cm³/mol. The van der Waals surface area contributed by atoms with Crippen LogP contribution in [0.2, 0.25) is 0 Å². The summed E-state index contributed by atoms with van der Waals surface area (Å²) >= 11 is 0. The summed E-state index contributed by atoms with van der Waals surface area (Å²) in [4.78, 5) is 13.8. The number of nitrogens with one attached hydrogen (secondary N) is 1. The zero-order chi connectivity index (χ0) is 21.3. The summed E-state index contributed by atoms with van der Waals surface area (Å²) in [5.74, 6) is -0.501. The number of amides is 1. The molecule has 0 atom stereocenters. The Balaban J connectivity index is 1.77. The van der Waals surface area contributed by atoms with Crippen LogP contribution in [0.1, 0.15) is 27.0 Å². The Hall–Kier alpha value is -3.15. The molecule has 1 heterocycles.